The van der Waals surface area contributed by atoms with Crippen molar-refractivity contribution >= 4 is 12.1 Å². The van der Waals surface area contributed by atoms with Crippen molar-refractivity contribution in [3.05, 3.63) is 59.7 Å². The molecule has 2 aromatic rings. The number of carbonyl (C=O) groups excluding carboxylic acids is 1. The second-order valence-electron chi connectivity index (χ2n) is 6.83. The molecule has 0 radical (unpaired) electrons. The van der Waals surface area contributed by atoms with Crippen LogP contribution in [0.2, 0.25) is 0 Å². The van der Waals surface area contributed by atoms with Gasteiger partial charge >= 0.3 is 0 Å². The maximum absolute atomic E-state index is 11.9. The van der Waals surface area contributed by atoms with Gasteiger partial charge < -0.3 is 9.47 Å². The van der Waals surface area contributed by atoms with Crippen LogP contribution in [-0.2, 0) is 10.2 Å². The predicted octanol–water partition coefficient (Wildman–Crippen LogP) is 3.91. The van der Waals surface area contributed by atoms with Gasteiger partial charge in [-0.25, -0.2) is 5.43 Å². The largest absolute Gasteiger partial charge is 0.493 e. The first kappa shape index (κ1) is 19.5. The number of carbonyl (C=O) groups is 1. The number of para-hydroxylation sites is 1. The van der Waals surface area contributed by atoms with Crippen LogP contribution in [0.25, 0.3) is 0 Å². The van der Waals surface area contributed by atoms with E-state index in [4.69, 9.17) is 9.47 Å². The SMILES string of the molecule is CCOc1ccccc1/C=N/NC(=O)COc1ccc(C(C)(C)C)cc1. The van der Waals surface area contributed by atoms with Crippen molar-refractivity contribution in [3.63, 3.8) is 0 Å². The minimum absolute atomic E-state index is 0.0857. The summed E-state index contributed by atoms with van der Waals surface area (Å²) in [5, 5.41) is 3.96. The van der Waals surface area contributed by atoms with Crippen LogP contribution in [0.15, 0.2) is 53.6 Å². The van der Waals surface area contributed by atoms with E-state index < -0.39 is 0 Å². The molecule has 0 aliphatic heterocycles. The summed E-state index contributed by atoms with van der Waals surface area (Å²) in [6.07, 6.45) is 1.56. The first-order valence-corrected chi connectivity index (χ1v) is 8.67. The smallest absolute Gasteiger partial charge is 0.277 e. The van der Waals surface area contributed by atoms with Crippen LogP contribution in [-0.4, -0.2) is 25.3 Å². The molecule has 0 aliphatic carbocycles. The Kier molecular flexibility index (Phi) is 6.78. The zero-order chi connectivity index (χ0) is 19.0. The van der Waals surface area contributed by atoms with E-state index in [0.29, 0.717) is 12.4 Å². The van der Waals surface area contributed by atoms with E-state index in [1.165, 1.54) is 5.56 Å². The van der Waals surface area contributed by atoms with Gasteiger partial charge in [-0.1, -0.05) is 45.0 Å². The van der Waals surface area contributed by atoms with Crippen molar-refractivity contribution < 1.29 is 14.3 Å². The number of amides is 1. The summed E-state index contributed by atoms with van der Waals surface area (Å²) in [7, 11) is 0. The van der Waals surface area contributed by atoms with Gasteiger partial charge in [-0.15, -0.1) is 0 Å². The average Bonchev–Trinajstić information content (AvgIpc) is 2.61. The van der Waals surface area contributed by atoms with Gasteiger partial charge in [0.05, 0.1) is 12.8 Å². The molecule has 5 heteroatoms. The van der Waals surface area contributed by atoms with Gasteiger partial charge in [0.15, 0.2) is 6.61 Å². The third kappa shape index (κ3) is 5.92. The Bertz CT molecular complexity index is 747. The van der Waals surface area contributed by atoms with Gasteiger partial charge in [0.1, 0.15) is 11.5 Å². The lowest BCUT2D eigenvalue weighted by molar-refractivity contribution is -0.123. The zero-order valence-corrected chi connectivity index (χ0v) is 15.8. The molecule has 1 amide bonds. The average molecular weight is 354 g/mol. The first-order valence-electron chi connectivity index (χ1n) is 8.67. The molecule has 0 aliphatic rings. The molecular weight excluding hydrogens is 328 g/mol. The molecule has 0 spiro atoms. The topological polar surface area (TPSA) is 59.9 Å². The summed E-state index contributed by atoms with van der Waals surface area (Å²) in [6, 6.07) is 15.3. The molecular formula is C21H26N2O3. The van der Waals surface area contributed by atoms with Gasteiger partial charge in [-0.05, 0) is 42.2 Å². The highest BCUT2D eigenvalue weighted by atomic mass is 16.5. The second kappa shape index (κ2) is 9.04. The summed E-state index contributed by atoms with van der Waals surface area (Å²) >= 11 is 0. The van der Waals surface area contributed by atoms with E-state index in [1.54, 1.807) is 6.21 Å². The maximum Gasteiger partial charge on any atom is 0.277 e. The molecule has 5 nitrogen and oxygen atoms in total. The van der Waals surface area contributed by atoms with Gasteiger partial charge in [0, 0.05) is 5.56 Å². The van der Waals surface area contributed by atoms with Crippen LogP contribution in [0.1, 0.15) is 38.8 Å². The van der Waals surface area contributed by atoms with Crippen molar-refractivity contribution in [1.82, 2.24) is 5.43 Å². The van der Waals surface area contributed by atoms with E-state index in [0.717, 1.165) is 11.3 Å². The van der Waals surface area contributed by atoms with Crippen LogP contribution in [0, 0.1) is 0 Å². The van der Waals surface area contributed by atoms with Crippen LogP contribution in [0.4, 0.5) is 0 Å². The molecule has 1 N–H and O–H groups in total. The molecule has 0 unspecified atom stereocenters. The van der Waals surface area contributed by atoms with Crippen molar-refractivity contribution in [2.24, 2.45) is 5.10 Å². The Labute approximate surface area is 155 Å². The van der Waals surface area contributed by atoms with E-state index in [2.05, 4.69) is 31.3 Å². The molecule has 0 aromatic heterocycles. The highest BCUT2D eigenvalue weighted by Crippen LogP contribution is 2.24. The maximum atomic E-state index is 11.9. The Morgan fingerprint density at radius 1 is 1.08 bits per heavy atom. The van der Waals surface area contributed by atoms with Crippen molar-refractivity contribution in [3.8, 4) is 11.5 Å². The molecule has 0 saturated carbocycles. The van der Waals surface area contributed by atoms with E-state index >= 15 is 0 Å². The standard InChI is InChI=1S/C21H26N2O3/c1-5-25-19-9-7-6-8-16(19)14-22-23-20(24)15-26-18-12-10-17(11-13-18)21(2,3)4/h6-14H,5,15H2,1-4H3,(H,23,24)/b22-14+. The monoisotopic (exact) mass is 354 g/mol. The number of hydrogen-bond donors (Lipinski definition) is 1. The summed E-state index contributed by atoms with van der Waals surface area (Å²) in [5.41, 5.74) is 4.56. The molecule has 2 aromatic carbocycles. The Morgan fingerprint density at radius 3 is 2.42 bits per heavy atom. The third-order valence-corrected chi connectivity index (χ3v) is 3.70. The highest BCUT2D eigenvalue weighted by molar-refractivity contribution is 5.85. The lowest BCUT2D eigenvalue weighted by Crippen LogP contribution is -2.24. The van der Waals surface area contributed by atoms with Gasteiger partial charge in [0.2, 0.25) is 0 Å². The molecule has 0 bridgehead atoms. The summed E-state index contributed by atoms with van der Waals surface area (Å²) < 4.78 is 11.0. The fourth-order valence-corrected chi connectivity index (χ4v) is 2.28. The minimum Gasteiger partial charge on any atom is -0.493 e. The van der Waals surface area contributed by atoms with E-state index in [-0.39, 0.29) is 17.9 Å². The van der Waals surface area contributed by atoms with Gasteiger partial charge in [0.25, 0.3) is 5.91 Å². The van der Waals surface area contributed by atoms with Crippen LogP contribution >= 0.6 is 0 Å². The predicted molar refractivity (Wildman–Crippen MR) is 104 cm³/mol. The molecule has 0 fully saturated rings. The summed E-state index contributed by atoms with van der Waals surface area (Å²) in [4.78, 5) is 11.9. The lowest BCUT2D eigenvalue weighted by Gasteiger charge is -2.19. The molecule has 0 saturated heterocycles. The number of nitrogens with zero attached hydrogens (tertiary/aromatic N) is 1. The fraction of sp³-hybridized carbons (Fsp3) is 0.333. The molecule has 0 heterocycles. The molecule has 0 atom stereocenters. The highest BCUT2D eigenvalue weighted by Gasteiger charge is 2.13. The third-order valence-electron chi connectivity index (χ3n) is 3.70. The van der Waals surface area contributed by atoms with Crippen molar-refractivity contribution in [2.45, 2.75) is 33.1 Å². The number of rotatable bonds is 7. The number of nitrogens with one attached hydrogen (secondary N) is 1. The van der Waals surface area contributed by atoms with E-state index in [9.17, 15) is 4.79 Å². The summed E-state index contributed by atoms with van der Waals surface area (Å²) in [6.45, 7) is 8.84. The zero-order valence-electron chi connectivity index (χ0n) is 15.8. The van der Waals surface area contributed by atoms with Crippen molar-refractivity contribution in [2.75, 3.05) is 13.2 Å². The number of ether oxygens (including phenoxy) is 2. The normalized spacial score (nSPS) is 11.4. The van der Waals surface area contributed by atoms with Gasteiger partial charge in [-0.2, -0.15) is 5.10 Å². The minimum atomic E-state index is -0.324. The Balaban J connectivity index is 1.84. The Hall–Kier alpha value is -2.82. The Morgan fingerprint density at radius 2 is 1.77 bits per heavy atom. The summed E-state index contributed by atoms with van der Waals surface area (Å²) in [5.74, 6) is 1.05. The molecule has 2 rings (SSSR count). The van der Waals surface area contributed by atoms with Crippen molar-refractivity contribution in [1.29, 1.82) is 0 Å². The first-order chi connectivity index (χ1) is 12.4. The molecule has 26 heavy (non-hydrogen) atoms. The van der Waals surface area contributed by atoms with Crippen LogP contribution in [0.5, 0.6) is 11.5 Å². The van der Waals surface area contributed by atoms with Gasteiger partial charge in [-0.3, -0.25) is 4.79 Å². The molecule has 138 valence electrons. The van der Waals surface area contributed by atoms with E-state index in [1.807, 2.05) is 55.5 Å². The second-order valence-corrected chi connectivity index (χ2v) is 6.83. The fourth-order valence-electron chi connectivity index (χ4n) is 2.28. The number of hydrogen-bond acceptors (Lipinski definition) is 4. The number of hydrazone groups is 1. The van der Waals surface area contributed by atoms with Crippen LogP contribution < -0.4 is 14.9 Å². The lowest BCUT2D eigenvalue weighted by atomic mass is 9.87. The van der Waals surface area contributed by atoms with Crippen LogP contribution in [0.3, 0.4) is 0 Å². The quantitative estimate of drug-likeness (QED) is 0.606. The number of benzene rings is 2.